The molecule has 0 spiro atoms. The van der Waals surface area contributed by atoms with Crippen LogP contribution >= 0.6 is 15.9 Å². The Morgan fingerprint density at radius 3 is 2.62 bits per heavy atom. The van der Waals surface area contributed by atoms with Crippen LogP contribution in [-0.2, 0) is 0 Å². The monoisotopic (exact) mass is 242 g/mol. The molecule has 1 atom stereocenters. The number of hydrogen-bond donors (Lipinski definition) is 0. The highest BCUT2D eigenvalue weighted by Gasteiger charge is 1.98. The molecular weight excluding hydrogens is 231 g/mol. The van der Waals surface area contributed by atoms with E-state index in [-0.39, 0.29) is 0 Å². The smallest absolute Gasteiger partial charge is 0.113 e. The summed E-state index contributed by atoms with van der Waals surface area (Å²) < 4.78 is 12.7. The van der Waals surface area contributed by atoms with Gasteiger partial charge in [0.15, 0.2) is 0 Å². The standard InChI is InChI=1S/C11H12BrF/c12-9-11(13)8-4-7-10-5-2-1-3-6-10/h1-7,11H,8-9H2/b7-4+. The summed E-state index contributed by atoms with van der Waals surface area (Å²) in [5.74, 6) is 0. The highest BCUT2D eigenvalue weighted by Crippen LogP contribution is 2.06. The van der Waals surface area contributed by atoms with Gasteiger partial charge in [-0.15, -0.1) is 0 Å². The van der Waals surface area contributed by atoms with Crippen LogP contribution < -0.4 is 0 Å². The summed E-state index contributed by atoms with van der Waals surface area (Å²) in [6, 6.07) is 9.90. The minimum atomic E-state index is -0.778. The molecular formula is C11H12BrF. The largest absolute Gasteiger partial charge is 0.246 e. The molecule has 0 aromatic heterocycles. The molecule has 0 aliphatic heterocycles. The number of allylic oxidation sites excluding steroid dienone is 1. The first-order valence-electron chi connectivity index (χ1n) is 4.24. The fraction of sp³-hybridized carbons (Fsp3) is 0.273. The van der Waals surface area contributed by atoms with Crippen LogP contribution in [0.2, 0.25) is 0 Å². The molecule has 0 saturated carbocycles. The Morgan fingerprint density at radius 2 is 2.00 bits per heavy atom. The molecule has 0 aliphatic rings. The van der Waals surface area contributed by atoms with E-state index < -0.39 is 6.17 Å². The van der Waals surface area contributed by atoms with Gasteiger partial charge >= 0.3 is 0 Å². The normalized spacial score (nSPS) is 13.4. The Hall–Kier alpha value is -0.630. The molecule has 70 valence electrons. The molecule has 0 bridgehead atoms. The second-order valence-corrected chi connectivity index (χ2v) is 3.45. The maximum absolute atomic E-state index is 12.7. The Labute approximate surface area is 86.6 Å². The molecule has 0 nitrogen and oxygen atoms in total. The Balaban J connectivity index is 2.41. The summed E-state index contributed by atoms with van der Waals surface area (Å²) in [6.07, 6.45) is 3.50. The van der Waals surface area contributed by atoms with Crippen molar-refractivity contribution in [1.29, 1.82) is 0 Å². The fourth-order valence-electron chi connectivity index (χ4n) is 0.979. The topological polar surface area (TPSA) is 0 Å². The van der Waals surface area contributed by atoms with Gasteiger partial charge in [0.2, 0.25) is 0 Å². The molecule has 1 aromatic carbocycles. The molecule has 0 N–H and O–H groups in total. The van der Waals surface area contributed by atoms with Crippen molar-refractivity contribution in [3.8, 4) is 0 Å². The molecule has 0 amide bonds. The molecule has 1 rings (SSSR count). The van der Waals surface area contributed by atoms with E-state index in [2.05, 4.69) is 15.9 Å². The van der Waals surface area contributed by atoms with Crippen molar-refractivity contribution in [3.63, 3.8) is 0 Å². The van der Waals surface area contributed by atoms with Gasteiger partial charge in [0.25, 0.3) is 0 Å². The second-order valence-electron chi connectivity index (χ2n) is 2.80. The predicted molar refractivity (Wildman–Crippen MR) is 58.8 cm³/mol. The van der Waals surface area contributed by atoms with Gasteiger partial charge in [-0.25, -0.2) is 4.39 Å². The van der Waals surface area contributed by atoms with E-state index in [1.165, 1.54) is 0 Å². The summed E-state index contributed by atoms with van der Waals surface area (Å²) in [5, 5.41) is 0.409. The highest BCUT2D eigenvalue weighted by atomic mass is 79.9. The number of alkyl halides is 2. The summed E-state index contributed by atoms with van der Waals surface area (Å²) in [4.78, 5) is 0. The van der Waals surface area contributed by atoms with Crippen molar-refractivity contribution in [2.75, 3.05) is 5.33 Å². The van der Waals surface area contributed by atoms with Gasteiger partial charge in [0.05, 0.1) is 0 Å². The van der Waals surface area contributed by atoms with Crippen LogP contribution in [0.15, 0.2) is 36.4 Å². The SMILES string of the molecule is FC(CBr)C/C=C/c1ccccc1. The maximum Gasteiger partial charge on any atom is 0.113 e. The van der Waals surface area contributed by atoms with Crippen molar-refractivity contribution in [3.05, 3.63) is 42.0 Å². The Kier molecular flexibility index (Phi) is 4.76. The van der Waals surface area contributed by atoms with Crippen molar-refractivity contribution >= 4 is 22.0 Å². The van der Waals surface area contributed by atoms with Crippen LogP contribution in [-0.4, -0.2) is 11.5 Å². The summed E-state index contributed by atoms with van der Waals surface area (Å²) in [5.41, 5.74) is 1.12. The van der Waals surface area contributed by atoms with Crippen LogP contribution in [0.4, 0.5) is 4.39 Å². The summed E-state index contributed by atoms with van der Waals surface area (Å²) in [6.45, 7) is 0. The third-order valence-corrected chi connectivity index (χ3v) is 2.37. The zero-order chi connectivity index (χ0) is 9.52. The van der Waals surface area contributed by atoms with Crippen molar-refractivity contribution in [2.24, 2.45) is 0 Å². The van der Waals surface area contributed by atoms with Crippen LogP contribution in [0.1, 0.15) is 12.0 Å². The Bertz CT molecular complexity index is 256. The quantitative estimate of drug-likeness (QED) is 0.705. The lowest BCUT2D eigenvalue weighted by atomic mass is 10.2. The van der Waals surface area contributed by atoms with Gasteiger partial charge in [-0.3, -0.25) is 0 Å². The minimum absolute atomic E-state index is 0.409. The molecule has 2 heteroatoms. The summed E-state index contributed by atoms with van der Waals surface area (Å²) >= 11 is 3.09. The van der Waals surface area contributed by atoms with Crippen LogP contribution in [0, 0.1) is 0 Å². The first-order chi connectivity index (χ1) is 6.33. The molecule has 0 heterocycles. The van der Waals surface area contributed by atoms with Crippen LogP contribution in [0.25, 0.3) is 6.08 Å². The number of halogens is 2. The third-order valence-electron chi connectivity index (χ3n) is 1.67. The molecule has 0 aliphatic carbocycles. The molecule has 0 fully saturated rings. The van der Waals surface area contributed by atoms with Gasteiger partial charge in [0.1, 0.15) is 6.17 Å². The zero-order valence-electron chi connectivity index (χ0n) is 7.29. The van der Waals surface area contributed by atoms with E-state index in [1.807, 2.05) is 42.5 Å². The van der Waals surface area contributed by atoms with E-state index in [9.17, 15) is 4.39 Å². The van der Waals surface area contributed by atoms with Gasteiger partial charge in [-0.1, -0.05) is 58.4 Å². The Morgan fingerprint density at radius 1 is 1.31 bits per heavy atom. The molecule has 0 saturated heterocycles. The van der Waals surface area contributed by atoms with Crippen molar-refractivity contribution < 1.29 is 4.39 Å². The van der Waals surface area contributed by atoms with Crippen molar-refractivity contribution in [2.45, 2.75) is 12.6 Å². The zero-order valence-corrected chi connectivity index (χ0v) is 8.87. The van der Waals surface area contributed by atoms with E-state index in [0.29, 0.717) is 11.8 Å². The predicted octanol–water partition coefficient (Wildman–Crippen LogP) is 3.82. The lowest BCUT2D eigenvalue weighted by Crippen LogP contribution is -1.97. The minimum Gasteiger partial charge on any atom is -0.246 e. The molecule has 0 radical (unpaired) electrons. The molecule has 1 unspecified atom stereocenters. The number of benzene rings is 1. The van der Waals surface area contributed by atoms with Gasteiger partial charge < -0.3 is 0 Å². The third kappa shape index (κ3) is 4.23. The van der Waals surface area contributed by atoms with Crippen LogP contribution in [0.3, 0.4) is 0 Å². The molecule has 1 aromatic rings. The number of hydrogen-bond acceptors (Lipinski definition) is 0. The molecule has 13 heavy (non-hydrogen) atoms. The van der Waals surface area contributed by atoms with Crippen molar-refractivity contribution in [1.82, 2.24) is 0 Å². The first-order valence-corrected chi connectivity index (χ1v) is 5.36. The van der Waals surface area contributed by atoms with Gasteiger partial charge in [0, 0.05) is 5.33 Å². The van der Waals surface area contributed by atoms with Gasteiger partial charge in [-0.05, 0) is 12.0 Å². The summed E-state index contributed by atoms with van der Waals surface area (Å²) in [7, 11) is 0. The van der Waals surface area contributed by atoms with E-state index >= 15 is 0 Å². The average molecular weight is 243 g/mol. The van der Waals surface area contributed by atoms with Gasteiger partial charge in [-0.2, -0.15) is 0 Å². The van der Waals surface area contributed by atoms with E-state index in [1.54, 1.807) is 0 Å². The lowest BCUT2D eigenvalue weighted by Gasteiger charge is -1.97. The number of rotatable bonds is 4. The fourth-order valence-corrected chi connectivity index (χ4v) is 1.24. The second kappa shape index (κ2) is 5.92. The average Bonchev–Trinajstić information content (AvgIpc) is 2.19. The lowest BCUT2D eigenvalue weighted by molar-refractivity contribution is 0.374. The van der Waals surface area contributed by atoms with E-state index in [4.69, 9.17) is 0 Å². The first kappa shape index (κ1) is 10.5. The maximum atomic E-state index is 12.7. The highest BCUT2D eigenvalue weighted by molar-refractivity contribution is 9.09. The van der Waals surface area contributed by atoms with Crippen LogP contribution in [0.5, 0.6) is 0 Å². The van der Waals surface area contributed by atoms with E-state index in [0.717, 1.165) is 5.56 Å².